The molecule has 2 aromatic rings. The average Bonchev–Trinajstić information content (AvgIpc) is 2.87. The maximum absolute atomic E-state index is 12.6. The van der Waals surface area contributed by atoms with Gasteiger partial charge in [0.15, 0.2) is 0 Å². The van der Waals surface area contributed by atoms with Crippen LogP contribution in [-0.2, 0) is 22.0 Å². The summed E-state index contributed by atoms with van der Waals surface area (Å²) in [5.74, 6) is 0. The van der Waals surface area contributed by atoms with Crippen LogP contribution in [0, 0.1) is 0 Å². The van der Waals surface area contributed by atoms with Crippen LogP contribution in [0.4, 0.5) is 0 Å². The van der Waals surface area contributed by atoms with Crippen molar-refractivity contribution in [2.24, 2.45) is 0 Å². The van der Waals surface area contributed by atoms with Gasteiger partial charge in [0.1, 0.15) is 0 Å². The monoisotopic (exact) mass is 337 g/mol. The van der Waals surface area contributed by atoms with Crippen LogP contribution in [0.5, 0.6) is 0 Å². The number of nitrogens with one attached hydrogen (secondary N) is 1. The van der Waals surface area contributed by atoms with Crippen molar-refractivity contribution in [1.82, 2.24) is 4.72 Å². The van der Waals surface area contributed by atoms with Crippen LogP contribution in [0.3, 0.4) is 0 Å². The van der Waals surface area contributed by atoms with Crippen molar-refractivity contribution in [1.29, 1.82) is 0 Å². The fourth-order valence-corrected chi connectivity index (χ4v) is 4.45. The Hall–Kier alpha value is -1.40. The first-order valence-electron chi connectivity index (χ1n) is 6.96. The fourth-order valence-electron chi connectivity index (χ4n) is 2.92. The molecular formula is C16H16ClNO3S. The van der Waals surface area contributed by atoms with Gasteiger partial charge in [-0.25, -0.2) is 8.42 Å². The zero-order valence-electron chi connectivity index (χ0n) is 11.8. The SMILES string of the molecule is O=S(=O)(NC1(CO)CCc2ccccc21)c1ccc(Cl)cc1. The molecule has 0 aliphatic heterocycles. The van der Waals surface area contributed by atoms with E-state index in [4.69, 9.17) is 11.6 Å². The largest absolute Gasteiger partial charge is 0.394 e. The minimum atomic E-state index is -3.74. The van der Waals surface area contributed by atoms with Crippen LogP contribution >= 0.6 is 11.6 Å². The minimum absolute atomic E-state index is 0.133. The molecule has 0 radical (unpaired) electrons. The molecule has 1 unspecified atom stereocenters. The second-order valence-corrected chi connectivity index (χ2v) is 7.58. The van der Waals surface area contributed by atoms with Gasteiger partial charge in [-0.2, -0.15) is 4.72 Å². The molecule has 0 saturated carbocycles. The third-order valence-corrected chi connectivity index (χ3v) is 5.88. The Balaban J connectivity index is 1.99. The van der Waals surface area contributed by atoms with E-state index < -0.39 is 15.6 Å². The number of sulfonamides is 1. The quantitative estimate of drug-likeness (QED) is 0.900. The van der Waals surface area contributed by atoms with E-state index in [9.17, 15) is 13.5 Å². The van der Waals surface area contributed by atoms with E-state index in [2.05, 4.69) is 4.72 Å². The summed E-state index contributed by atoms with van der Waals surface area (Å²) in [4.78, 5) is 0.133. The van der Waals surface area contributed by atoms with Crippen molar-refractivity contribution in [3.8, 4) is 0 Å². The van der Waals surface area contributed by atoms with Crippen molar-refractivity contribution >= 4 is 21.6 Å². The molecule has 22 heavy (non-hydrogen) atoms. The van der Waals surface area contributed by atoms with Gasteiger partial charge in [-0.15, -0.1) is 0 Å². The predicted octanol–water partition coefficient (Wildman–Crippen LogP) is 2.45. The van der Waals surface area contributed by atoms with E-state index in [-0.39, 0.29) is 11.5 Å². The highest BCUT2D eigenvalue weighted by Gasteiger charge is 2.41. The van der Waals surface area contributed by atoms with Crippen molar-refractivity contribution < 1.29 is 13.5 Å². The second-order valence-electron chi connectivity index (χ2n) is 5.46. The van der Waals surface area contributed by atoms with Crippen LogP contribution in [0.2, 0.25) is 5.02 Å². The molecule has 116 valence electrons. The Morgan fingerprint density at radius 1 is 1.14 bits per heavy atom. The van der Waals surface area contributed by atoms with Gasteiger partial charge < -0.3 is 5.11 Å². The maximum atomic E-state index is 12.6. The van der Waals surface area contributed by atoms with E-state index in [1.165, 1.54) is 24.3 Å². The molecular weight excluding hydrogens is 322 g/mol. The zero-order chi connectivity index (χ0) is 15.8. The van der Waals surface area contributed by atoms with Gasteiger partial charge in [0.2, 0.25) is 10.0 Å². The molecule has 3 rings (SSSR count). The minimum Gasteiger partial charge on any atom is -0.394 e. The molecule has 0 saturated heterocycles. The van der Waals surface area contributed by atoms with E-state index in [1.54, 1.807) is 0 Å². The molecule has 1 atom stereocenters. The number of aryl methyl sites for hydroxylation is 1. The van der Waals surface area contributed by atoms with Crippen molar-refractivity contribution in [3.05, 3.63) is 64.7 Å². The summed E-state index contributed by atoms with van der Waals surface area (Å²) in [6, 6.07) is 13.6. The molecule has 4 nitrogen and oxygen atoms in total. The lowest BCUT2D eigenvalue weighted by Gasteiger charge is -2.29. The summed E-state index contributed by atoms with van der Waals surface area (Å²) in [5.41, 5.74) is 0.945. The highest BCUT2D eigenvalue weighted by molar-refractivity contribution is 7.89. The summed E-state index contributed by atoms with van der Waals surface area (Å²) in [6.45, 7) is -0.281. The highest BCUT2D eigenvalue weighted by Crippen LogP contribution is 2.37. The second kappa shape index (κ2) is 5.66. The molecule has 2 aromatic carbocycles. The maximum Gasteiger partial charge on any atom is 0.241 e. The van der Waals surface area contributed by atoms with Crippen molar-refractivity contribution in [3.63, 3.8) is 0 Å². The lowest BCUT2D eigenvalue weighted by Crippen LogP contribution is -2.47. The molecule has 0 heterocycles. The predicted molar refractivity (Wildman–Crippen MR) is 85.3 cm³/mol. The Morgan fingerprint density at radius 3 is 2.50 bits per heavy atom. The standard InChI is InChI=1S/C16H16ClNO3S/c17-13-5-7-14(8-6-13)22(20,21)18-16(11-19)10-9-12-3-1-2-4-15(12)16/h1-8,18-19H,9-11H2. The van der Waals surface area contributed by atoms with Crippen LogP contribution in [0.15, 0.2) is 53.4 Å². The molecule has 0 amide bonds. The molecule has 1 aliphatic carbocycles. The highest BCUT2D eigenvalue weighted by atomic mass is 35.5. The lowest BCUT2D eigenvalue weighted by molar-refractivity contribution is 0.182. The molecule has 0 bridgehead atoms. The summed E-state index contributed by atoms with van der Waals surface area (Å²) in [5, 5.41) is 10.3. The third kappa shape index (κ3) is 2.65. The first-order valence-corrected chi connectivity index (χ1v) is 8.82. The number of hydrogen-bond acceptors (Lipinski definition) is 3. The molecule has 0 spiro atoms. The van der Waals surface area contributed by atoms with Gasteiger partial charge in [0.25, 0.3) is 0 Å². The van der Waals surface area contributed by atoms with E-state index in [1.807, 2.05) is 24.3 Å². The van der Waals surface area contributed by atoms with Crippen LogP contribution < -0.4 is 4.72 Å². The van der Waals surface area contributed by atoms with Crippen molar-refractivity contribution in [2.45, 2.75) is 23.3 Å². The summed E-state index contributed by atoms with van der Waals surface area (Å²) < 4.78 is 27.9. The van der Waals surface area contributed by atoms with Crippen LogP contribution in [0.25, 0.3) is 0 Å². The van der Waals surface area contributed by atoms with Crippen molar-refractivity contribution in [2.75, 3.05) is 6.61 Å². The van der Waals surface area contributed by atoms with Gasteiger partial charge in [-0.05, 0) is 48.2 Å². The number of rotatable bonds is 4. The Kier molecular flexibility index (Phi) is 3.99. The molecule has 0 aromatic heterocycles. The van der Waals surface area contributed by atoms with E-state index >= 15 is 0 Å². The zero-order valence-corrected chi connectivity index (χ0v) is 13.4. The molecule has 6 heteroatoms. The first-order chi connectivity index (χ1) is 10.5. The van der Waals surface area contributed by atoms with Gasteiger partial charge >= 0.3 is 0 Å². The normalized spacial score (nSPS) is 20.8. The van der Waals surface area contributed by atoms with E-state index in [0.717, 1.165) is 17.5 Å². The molecule has 2 N–H and O–H groups in total. The van der Waals surface area contributed by atoms with Crippen LogP contribution in [-0.4, -0.2) is 20.1 Å². The summed E-state index contributed by atoms with van der Waals surface area (Å²) in [6.07, 6.45) is 1.27. The number of fused-ring (bicyclic) bond motifs is 1. The molecule has 0 fully saturated rings. The smallest absolute Gasteiger partial charge is 0.241 e. The summed E-state index contributed by atoms with van der Waals surface area (Å²) in [7, 11) is -3.74. The van der Waals surface area contributed by atoms with Gasteiger partial charge in [0, 0.05) is 5.02 Å². The fraction of sp³-hybridized carbons (Fsp3) is 0.250. The topological polar surface area (TPSA) is 66.4 Å². The van der Waals surface area contributed by atoms with Gasteiger partial charge in [-0.3, -0.25) is 0 Å². The lowest BCUT2D eigenvalue weighted by atomic mass is 9.94. The Morgan fingerprint density at radius 2 is 1.82 bits per heavy atom. The number of benzene rings is 2. The number of halogens is 1. The van der Waals surface area contributed by atoms with Gasteiger partial charge in [-0.1, -0.05) is 35.9 Å². The van der Waals surface area contributed by atoms with Gasteiger partial charge in [0.05, 0.1) is 17.0 Å². The average molecular weight is 338 g/mol. The third-order valence-electron chi connectivity index (χ3n) is 4.08. The van der Waals surface area contributed by atoms with Crippen LogP contribution in [0.1, 0.15) is 17.5 Å². The Bertz CT molecular complexity index is 789. The number of aliphatic hydroxyl groups excluding tert-OH is 1. The molecule has 1 aliphatic rings. The number of hydrogen-bond donors (Lipinski definition) is 2. The van der Waals surface area contributed by atoms with E-state index in [0.29, 0.717) is 11.4 Å². The Labute approximate surface area is 134 Å². The number of aliphatic hydroxyl groups is 1. The first kappa shape index (κ1) is 15.5. The summed E-state index contributed by atoms with van der Waals surface area (Å²) >= 11 is 5.80.